The third-order valence-electron chi connectivity index (χ3n) is 3.51. The minimum Gasteiger partial charge on any atom is -0.384 e. The molecule has 18 heavy (non-hydrogen) atoms. The quantitative estimate of drug-likeness (QED) is 0.821. The highest BCUT2D eigenvalue weighted by Crippen LogP contribution is 2.31. The van der Waals surface area contributed by atoms with Crippen molar-refractivity contribution in [1.29, 1.82) is 0 Å². The molecular weight excluding hydrogens is 226 g/mol. The molecule has 0 unspecified atom stereocenters. The lowest BCUT2D eigenvalue weighted by atomic mass is 9.95. The molecule has 2 rings (SSSR count). The van der Waals surface area contributed by atoms with Gasteiger partial charge in [0.15, 0.2) is 0 Å². The van der Waals surface area contributed by atoms with Crippen LogP contribution in [0.3, 0.4) is 0 Å². The Balaban J connectivity index is 2.30. The van der Waals surface area contributed by atoms with Gasteiger partial charge in [-0.1, -0.05) is 6.07 Å². The first kappa shape index (κ1) is 13.1. The number of benzene rings is 1. The zero-order valence-electron chi connectivity index (χ0n) is 11.5. The van der Waals surface area contributed by atoms with Crippen molar-refractivity contribution in [3.05, 3.63) is 28.8 Å². The van der Waals surface area contributed by atoms with E-state index in [-0.39, 0.29) is 5.91 Å². The van der Waals surface area contributed by atoms with Gasteiger partial charge in [-0.3, -0.25) is 4.79 Å². The normalized spacial score (nSPS) is 14.5. The van der Waals surface area contributed by atoms with E-state index >= 15 is 0 Å². The highest BCUT2D eigenvalue weighted by Gasteiger charge is 2.23. The van der Waals surface area contributed by atoms with Gasteiger partial charge < -0.3 is 9.64 Å². The number of carbonyl (C=O) groups excluding carboxylic acids is 1. The highest BCUT2D eigenvalue weighted by molar-refractivity contribution is 5.95. The van der Waals surface area contributed by atoms with Crippen molar-refractivity contribution in [3.63, 3.8) is 0 Å². The number of rotatable bonds is 3. The van der Waals surface area contributed by atoms with Crippen molar-refractivity contribution in [2.24, 2.45) is 0 Å². The van der Waals surface area contributed by atoms with E-state index in [0.29, 0.717) is 13.0 Å². The first-order valence-corrected chi connectivity index (χ1v) is 6.53. The van der Waals surface area contributed by atoms with Crippen LogP contribution in [0, 0.1) is 13.8 Å². The molecule has 0 radical (unpaired) electrons. The number of hydrogen-bond acceptors (Lipinski definition) is 2. The number of aryl methyl sites for hydroxylation is 2. The zero-order valence-corrected chi connectivity index (χ0v) is 11.5. The number of hydrogen-bond donors (Lipinski definition) is 0. The van der Waals surface area contributed by atoms with Crippen molar-refractivity contribution >= 4 is 11.6 Å². The molecule has 1 aromatic rings. The summed E-state index contributed by atoms with van der Waals surface area (Å²) in [7, 11) is 1.63. The molecule has 0 bridgehead atoms. The average molecular weight is 247 g/mol. The van der Waals surface area contributed by atoms with Crippen molar-refractivity contribution in [1.82, 2.24) is 0 Å². The largest absolute Gasteiger partial charge is 0.384 e. The number of amides is 1. The molecule has 3 nitrogen and oxygen atoms in total. The molecule has 0 saturated carbocycles. The van der Waals surface area contributed by atoms with Gasteiger partial charge in [0.2, 0.25) is 5.91 Å². The molecule has 98 valence electrons. The van der Waals surface area contributed by atoms with E-state index < -0.39 is 0 Å². The molecular formula is C15H21NO2. The molecule has 0 fully saturated rings. The molecule has 0 aliphatic carbocycles. The van der Waals surface area contributed by atoms with Crippen LogP contribution in [-0.4, -0.2) is 26.2 Å². The van der Waals surface area contributed by atoms with Crippen molar-refractivity contribution in [2.45, 2.75) is 33.1 Å². The lowest BCUT2D eigenvalue weighted by Gasteiger charge is -2.31. The van der Waals surface area contributed by atoms with Crippen molar-refractivity contribution < 1.29 is 9.53 Å². The van der Waals surface area contributed by atoms with E-state index in [4.69, 9.17) is 4.74 Å². The van der Waals surface area contributed by atoms with Crippen LogP contribution in [0.15, 0.2) is 12.1 Å². The van der Waals surface area contributed by atoms with Gasteiger partial charge in [0, 0.05) is 19.3 Å². The van der Waals surface area contributed by atoms with Crippen LogP contribution < -0.4 is 4.90 Å². The fraction of sp³-hybridized carbons (Fsp3) is 0.533. The lowest BCUT2D eigenvalue weighted by Crippen LogP contribution is -2.36. The van der Waals surface area contributed by atoms with E-state index in [9.17, 15) is 4.79 Å². The van der Waals surface area contributed by atoms with Gasteiger partial charge in [-0.25, -0.2) is 0 Å². The third kappa shape index (κ3) is 2.56. The smallest absolute Gasteiger partial charge is 0.229 e. The Kier molecular flexibility index (Phi) is 4.02. The molecule has 1 heterocycles. The van der Waals surface area contributed by atoms with Gasteiger partial charge >= 0.3 is 0 Å². The molecule has 0 spiro atoms. The van der Waals surface area contributed by atoms with Crippen molar-refractivity contribution in [2.75, 3.05) is 25.2 Å². The Labute approximate surface area is 109 Å². The minimum atomic E-state index is 0.169. The second-order valence-electron chi connectivity index (χ2n) is 4.97. The monoisotopic (exact) mass is 247 g/mol. The summed E-state index contributed by atoms with van der Waals surface area (Å²) in [6.45, 7) is 5.54. The molecule has 3 heteroatoms. The standard InChI is InChI=1S/C15H21NO2/c1-11-9-12(2)13-5-4-7-16(14(13)10-11)15(17)6-8-18-3/h9-10H,4-8H2,1-3H3. The predicted molar refractivity (Wildman–Crippen MR) is 73.1 cm³/mol. The summed E-state index contributed by atoms with van der Waals surface area (Å²) in [5.41, 5.74) is 4.96. The van der Waals surface area contributed by atoms with Crippen molar-refractivity contribution in [3.8, 4) is 0 Å². The summed E-state index contributed by atoms with van der Waals surface area (Å²) in [6, 6.07) is 4.33. The molecule has 0 atom stereocenters. The topological polar surface area (TPSA) is 29.5 Å². The molecule has 1 aliphatic heterocycles. The maximum absolute atomic E-state index is 12.2. The third-order valence-corrected chi connectivity index (χ3v) is 3.51. The van der Waals surface area contributed by atoms with Gasteiger partial charge in [-0.15, -0.1) is 0 Å². The fourth-order valence-electron chi connectivity index (χ4n) is 2.66. The Hall–Kier alpha value is -1.35. The summed E-state index contributed by atoms with van der Waals surface area (Å²) in [4.78, 5) is 14.1. The summed E-state index contributed by atoms with van der Waals surface area (Å²) in [5, 5.41) is 0. The first-order chi connectivity index (χ1) is 8.63. The van der Waals surface area contributed by atoms with E-state index in [1.807, 2.05) is 4.90 Å². The molecule has 0 N–H and O–H groups in total. The van der Waals surface area contributed by atoms with E-state index in [0.717, 1.165) is 25.1 Å². The van der Waals surface area contributed by atoms with Crippen LogP contribution in [-0.2, 0) is 16.0 Å². The number of nitrogens with zero attached hydrogens (tertiary/aromatic N) is 1. The number of carbonyl (C=O) groups is 1. The summed E-state index contributed by atoms with van der Waals surface area (Å²) in [5.74, 6) is 0.169. The van der Waals surface area contributed by atoms with Gasteiger partial charge in [0.1, 0.15) is 0 Å². The predicted octanol–water partition coefficient (Wildman–Crippen LogP) is 2.62. The Bertz CT molecular complexity index is 454. The van der Waals surface area contributed by atoms with Crippen LogP contribution in [0.25, 0.3) is 0 Å². The minimum absolute atomic E-state index is 0.169. The second kappa shape index (κ2) is 5.53. The van der Waals surface area contributed by atoms with Crippen LogP contribution in [0.4, 0.5) is 5.69 Å². The molecule has 0 aromatic heterocycles. The molecule has 1 aromatic carbocycles. The summed E-state index contributed by atoms with van der Waals surface area (Å²) in [6.07, 6.45) is 2.59. The number of ether oxygens (including phenoxy) is 1. The Morgan fingerprint density at radius 1 is 1.39 bits per heavy atom. The maximum atomic E-state index is 12.2. The molecule has 1 amide bonds. The highest BCUT2D eigenvalue weighted by atomic mass is 16.5. The van der Waals surface area contributed by atoms with Crippen LogP contribution in [0.1, 0.15) is 29.5 Å². The zero-order chi connectivity index (χ0) is 13.1. The van der Waals surface area contributed by atoms with Gasteiger partial charge in [-0.05, 0) is 49.4 Å². The summed E-state index contributed by atoms with van der Waals surface area (Å²) >= 11 is 0. The number of anilines is 1. The first-order valence-electron chi connectivity index (χ1n) is 6.53. The van der Waals surface area contributed by atoms with E-state index in [1.165, 1.54) is 16.7 Å². The molecule has 0 saturated heterocycles. The lowest BCUT2D eigenvalue weighted by molar-refractivity contribution is -0.119. The number of methoxy groups -OCH3 is 1. The van der Waals surface area contributed by atoms with E-state index in [2.05, 4.69) is 26.0 Å². The maximum Gasteiger partial charge on any atom is 0.229 e. The van der Waals surface area contributed by atoms with Gasteiger partial charge in [0.25, 0.3) is 0 Å². The van der Waals surface area contributed by atoms with Gasteiger partial charge in [0.05, 0.1) is 13.0 Å². The average Bonchev–Trinajstić information content (AvgIpc) is 2.35. The summed E-state index contributed by atoms with van der Waals surface area (Å²) < 4.78 is 4.99. The SMILES string of the molecule is COCCC(=O)N1CCCc2c(C)cc(C)cc21. The van der Waals surface area contributed by atoms with Gasteiger partial charge in [-0.2, -0.15) is 0 Å². The number of fused-ring (bicyclic) bond motifs is 1. The van der Waals surface area contributed by atoms with Crippen LogP contribution >= 0.6 is 0 Å². The molecule has 1 aliphatic rings. The fourth-order valence-corrected chi connectivity index (χ4v) is 2.66. The van der Waals surface area contributed by atoms with E-state index in [1.54, 1.807) is 7.11 Å². The second-order valence-corrected chi connectivity index (χ2v) is 4.97. The van der Waals surface area contributed by atoms with Crippen LogP contribution in [0.2, 0.25) is 0 Å². The Morgan fingerprint density at radius 2 is 2.17 bits per heavy atom. The Morgan fingerprint density at radius 3 is 2.89 bits per heavy atom. The van der Waals surface area contributed by atoms with Crippen LogP contribution in [0.5, 0.6) is 0 Å².